The molecule has 2 fully saturated rings. The van der Waals surface area contributed by atoms with Gasteiger partial charge >= 0.3 is 0 Å². The summed E-state index contributed by atoms with van der Waals surface area (Å²) in [5.74, 6) is -0.727. The SMILES string of the molecule is COc1ccc(Br)cc1[C@H]1[C@H]2C(=O)N(c3ccccc3C)C(=O)[C@H]2ON1c1ccccc1. The van der Waals surface area contributed by atoms with Crippen molar-refractivity contribution in [3.8, 4) is 5.75 Å². The minimum atomic E-state index is -0.920. The Morgan fingerprint density at radius 2 is 1.66 bits per heavy atom. The van der Waals surface area contributed by atoms with Gasteiger partial charge in [-0.3, -0.25) is 14.4 Å². The van der Waals surface area contributed by atoms with Crippen molar-refractivity contribution in [2.24, 2.45) is 5.92 Å². The average Bonchev–Trinajstić information content (AvgIpc) is 3.31. The number of hydroxylamine groups is 1. The fraction of sp³-hybridized carbons (Fsp3) is 0.200. The summed E-state index contributed by atoms with van der Waals surface area (Å²) in [5, 5.41) is 1.67. The normalized spacial score (nSPS) is 22.4. The van der Waals surface area contributed by atoms with Crippen LogP contribution in [0.3, 0.4) is 0 Å². The number of amides is 2. The number of aryl methyl sites for hydroxylation is 1. The monoisotopic (exact) mass is 492 g/mol. The van der Waals surface area contributed by atoms with Gasteiger partial charge in [-0.25, -0.2) is 9.96 Å². The second kappa shape index (κ2) is 8.07. The maximum absolute atomic E-state index is 13.7. The number of methoxy groups -OCH3 is 1. The van der Waals surface area contributed by atoms with Crippen molar-refractivity contribution in [2.75, 3.05) is 17.1 Å². The van der Waals surface area contributed by atoms with Crippen molar-refractivity contribution in [3.63, 3.8) is 0 Å². The lowest BCUT2D eigenvalue weighted by Gasteiger charge is -2.30. The third-order valence-electron chi connectivity index (χ3n) is 5.99. The number of carbonyl (C=O) groups excluding carboxylic acids is 2. The molecule has 2 amide bonds. The number of nitrogens with zero attached hydrogens (tertiary/aromatic N) is 2. The van der Waals surface area contributed by atoms with Crippen LogP contribution in [0.1, 0.15) is 17.2 Å². The van der Waals surface area contributed by atoms with Crippen LogP contribution in [0.25, 0.3) is 0 Å². The molecule has 0 radical (unpaired) electrons. The van der Waals surface area contributed by atoms with Gasteiger partial charge in [0.2, 0.25) is 5.91 Å². The Bertz CT molecular complexity index is 1200. The zero-order chi connectivity index (χ0) is 22.4. The first kappa shape index (κ1) is 20.7. The molecule has 2 heterocycles. The predicted octanol–water partition coefficient (Wildman–Crippen LogP) is 4.82. The zero-order valence-corrected chi connectivity index (χ0v) is 19.2. The van der Waals surface area contributed by atoms with Crippen LogP contribution < -0.4 is 14.7 Å². The highest BCUT2D eigenvalue weighted by Crippen LogP contribution is 2.50. The number of anilines is 2. The Kier molecular flexibility index (Phi) is 5.23. The highest BCUT2D eigenvalue weighted by molar-refractivity contribution is 9.10. The molecule has 0 aromatic heterocycles. The third-order valence-corrected chi connectivity index (χ3v) is 6.49. The first-order valence-corrected chi connectivity index (χ1v) is 11.1. The van der Waals surface area contributed by atoms with Crippen molar-refractivity contribution in [2.45, 2.75) is 19.1 Å². The van der Waals surface area contributed by atoms with Gasteiger partial charge in [-0.1, -0.05) is 52.3 Å². The van der Waals surface area contributed by atoms with E-state index in [1.54, 1.807) is 18.2 Å². The summed E-state index contributed by atoms with van der Waals surface area (Å²) in [6.07, 6.45) is -0.920. The molecule has 2 aliphatic rings. The van der Waals surface area contributed by atoms with Gasteiger partial charge < -0.3 is 4.74 Å². The van der Waals surface area contributed by atoms with Crippen LogP contribution in [0.4, 0.5) is 11.4 Å². The van der Waals surface area contributed by atoms with Gasteiger partial charge in [0.25, 0.3) is 5.91 Å². The van der Waals surface area contributed by atoms with Gasteiger partial charge in [-0.05, 0) is 48.9 Å². The van der Waals surface area contributed by atoms with Crippen molar-refractivity contribution in [3.05, 3.63) is 88.4 Å². The average molecular weight is 493 g/mol. The molecule has 0 spiro atoms. The number of hydrogen-bond donors (Lipinski definition) is 0. The van der Waals surface area contributed by atoms with E-state index < -0.39 is 18.1 Å². The van der Waals surface area contributed by atoms with E-state index in [-0.39, 0.29) is 11.8 Å². The van der Waals surface area contributed by atoms with Crippen molar-refractivity contribution in [1.29, 1.82) is 0 Å². The zero-order valence-electron chi connectivity index (χ0n) is 17.6. The van der Waals surface area contributed by atoms with E-state index in [2.05, 4.69) is 15.9 Å². The summed E-state index contributed by atoms with van der Waals surface area (Å²) in [6, 6.07) is 22.0. The van der Waals surface area contributed by atoms with Crippen LogP contribution in [-0.2, 0) is 14.4 Å². The number of hydrogen-bond acceptors (Lipinski definition) is 5. The van der Waals surface area contributed by atoms with Crippen LogP contribution in [0.15, 0.2) is 77.3 Å². The molecule has 5 rings (SSSR count). The van der Waals surface area contributed by atoms with Crippen LogP contribution in [0, 0.1) is 12.8 Å². The Morgan fingerprint density at radius 1 is 0.938 bits per heavy atom. The van der Waals surface area contributed by atoms with Gasteiger partial charge in [0, 0.05) is 10.0 Å². The quantitative estimate of drug-likeness (QED) is 0.488. The van der Waals surface area contributed by atoms with Crippen molar-refractivity contribution in [1.82, 2.24) is 0 Å². The largest absolute Gasteiger partial charge is 0.496 e. The molecule has 3 aromatic carbocycles. The maximum Gasteiger partial charge on any atom is 0.266 e. The lowest BCUT2D eigenvalue weighted by atomic mass is 9.90. The standard InChI is InChI=1S/C25H21BrN2O4/c1-15-8-6-7-11-19(15)27-24(29)21-22(18-14-16(26)12-13-20(18)31-2)28(32-23(21)25(27)30)17-9-4-3-5-10-17/h3-14,21-23H,1-2H3/t21-,22+,23+/m1/s1. The van der Waals surface area contributed by atoms with E-state index in [1.165, 1.54) is 4.90 Å². The summed E-state index contributed by atoms with van der Waals surface area (Å²) in [7, 11) is 1.59. The second-order valence-electron chi connectivity index (χ2n) is 7.84. The molecule has 0 aliphatic carbocycles. The van der Waals surface area contributed by atoms with Crippen LogP contribution in [0.2, 0.25) is 0 Å². The van der Waals surface area contributed by atoms with Gasteiger partial charge in [-0.15, -0.1) is 0 Å². The highest BCUT2D eigenvalue weighted by atomic mass is 79.9. The number of imide groups is 1. The van der Waals surface area contributed by atoms with E-state index in [0.717, 1.165) is 21.3 Å². The molecule has 0 N–H and O–H groups in total. The predicted molar refractivity (Wildman–Crippen MR) is 124 cm³/mol. The van der Waals surface area contributed by atoms with Gasteiger partial charge in [0.1, 0.15) is 11.7 Å². The molecular formula is C25H21BrN2O4. The van der Waals surface area contributed by atoms with E-state index in [4.69, 9.17) is 9.57 Å². The molecule has 2 aliphatic heterocycles. The minimum Gasteiger partial charge on any atom is -0.496 e. The minimum absolute atomic E-state index is 0.278. The molecule has 0 bridgehead atoms. The number of halogens is 1. The summed E-state index contributed by atoms with van der Waals surface area (Å²) in [4.78, 5) is 34.7. The summed E-state index contributed by atoms with van der Waals surface area (Å²) >= 11 is 3.53. The number of benzene rings is 3. The number of ether oxygens (including phenoxy) is 1. The van der Waals surface area contributed by atoms with Crippen LogP contribution in [0.5, 0.6) is 5.75 Å². The van der Waals surface area contributed by atoms with E-state index >= 15 is 0 Å². The van der Waals surface area contributed by atoms with Crippen LogP contribution >= 0.6 is 15.9 Å². The van der Waals surface area contributed by atoms with Crippen LogP contribution in [-0.4, -0.2) is 25.0 Å². The molecule has 0 unspecified atom stereocenters. The lowest BCUT2D eigenvalue weighted by molar-refractivity contribution is -0.126. The molecule has 7 heteroatoms. The lowest BCUT2D eigenvalue weighted by Crippen LogP contribution is -2.37. The van der Waals surface area contributed by atoms with Crippen molar-refractivity contribution < 1.29 is 19.2 Å². The second-order valence-corrected chi connectivity index (χ2v) is 8.76. The summed E-state index contributed by atoms with van der Waals surface area (Å²) in [6.45, 7) is 1.88. The Labute approximate surface area is 194 Å². The molecule has 3 aromatic rings. The number of rotatable bonds is 4. The fourth-order valence-corrected chi connectivity index (χ4v) is 4.90. The van der Waals surface area contributed by atoms with Crippen molar-refractivity contribution >= 4 is 39.1 Å². The van der Waals surface area contributed by atoms with E-state index in [9.17, 15) is 9.59 Å². The Balaban J connectivity index is 1.65. The van der Waals surface area contributed by atoms with Gasteiger partial charge in [0.05, 0.1) is 24.5 Å². The Morgan fingerprint density at radius 3 is 2.38 bits per heavy atom. The molecule has 32 heavy (non-hydrogen) atoms. The maximum atomic E-state index is 13.7. The smallest absolute Gasteiger partial charge is 0.266 e. The molecular weight excluding hydrogens is 472 g/mol. The first-order chi connectivity index (χ1) is 15.5. The molecule has 3 atom stereocenters. The van der Waals surface area contributed by atoms with E-state index in [1.807, 2.05) is 73.7 Å². The summed E-state index contributed by atoms with van der Waals surface area (Å²) < 4.78 is 6.47. The number of carbonyl (C=O) groups is 2. The van der Waals surface area contributed by atoms with Gasteiger partial charge in [0.15, 0.2) is 6.10 Å². The molecule has 162 valence electrons. The number of para-hydroxylation sites is 2. The summed E-state index contributed by atoms with van der Waals surface area (Å²) in [5.41, 5.74) is 2.97. The topological polar surface area (TPSA) is 59.1 Å². The fourth-order valence-electron chi connectivity index (χ4n) is 4.52. The van der Waals surface area contributed by atoms with E-state index in [0.29, 0.717) is 11.4 Å². The first-order valence-electron chi connectivity index (χ1n) is 10.3. The number of fused-ring (bicyclic) bond motifs is 1. The molecule has 0 saturated carbocycles. The molecule has 6 nitrogen and oxygen atoms in total. The highest BCUT2D eigenvalue weighted by Gasteiger charge is 2.60. The Hall–Kier alpha value is -3.16. The molecule has 2 saturated heterocycles. The van der Waals surface area contributed by atoms with Gasteiger partial charge in [-0.2, -0.15) is 0 Å². The third kappa shape index (κ3) is 3.20.